The molecule has 126 valence electrons. The van der Waals surface area contributed by atoms with Crippen molar-refractivity contribution in [2.75, 3.05) is 0 Å². The zero-order valence-electron chi connectivity index (χ0n) is 15.7. The molecular weight excluding hydrogens is 355 g/mol. The third-order valence-electron chi connectivity index (χ3n) is 5.24. The van der Waals surface area contributed by atoms with Gasteiger partial charge in [-0.25, -0.2) is 0 Å². The molecule has 0 aliphatic heterocycles. The molecule has 1 heteroatoms. The van der Waals surface area contributed by atoms with Crippen molar-refractivity contribution in [3.63, 3.8) is 0 Å². The monoisotopic (exact) mass is 388 g/mol. The van der Waals surface area contributed by atoms with Gasteiger partial charge in [0.1, 0.15) is 0 Å². The molecule has 0 spiro atoms. The fraction of sp³-hybridized carbons (Fsp3) is 0.636. The van der Waals surface area contributed by atoms with Crippen LogP contribution in [-0.2, 0) is 23.2 Å². The molecule has 2 rings (SSSR count). The third-order valence-corrected chi connectivity index (χ3v) is 9.79. The first-order chi connectivity index (χ1) is 11.2. The van der Waals surface area contributed by atoms with E-state index in [4.69, 9.17) is 0 Å². The van der Waals surface area contributed by atoms with Gasteiger partial charge in [-0.05, 0) is 0 Å². The van der Waals surface area contributed by atoms with Crippen LogP contribution in [0.1, 0.15) is 91.9 Å². The zero-order valence-corrected chi connectivity index (χ0v) is 18.2. The van der Waals surface area contributed by atoms with Gasteiger partial charge < -0.3 is 0 Å². The molecule has 0 heterocycles. The van der Waals surface area contributed by atoms with Crippen molar-refractivity contribution in [3.05, 3.63) is 41.0 Å². The van der Waals surface area contributed by atoms with E-state index in [9.17, 15) is 0 Å². The van der Waals surface area contributed by atoms with Gasteiger partial charge in [-0.15, -0.1) is 0 Å². The predicted octanol–water partition coefficient (Wildman–Crippen LogP) is 7.44. The molecular formula is C22H34Zr. The Morgan fingerprint density at radius 2 is 1.17 bits per heavy atom. The SMILES string of the molecule is CCCCC1=CCC(CC)=[C]1[Zr][C]1=C(CC)CC=C1CCCC. The van der Waals surface area contributed by atoms with Crippen molar-refractivity contribution < 1.29 is 23.2 Å². The second-order valence-electron chi connectivity index (χ2n) is 6.86. The van der Waals surface area contributed by atoms with Gasteiger partial charge in [0.2, 0.25) is 0 Å². The van der Waals surface area contributed by atoms with Crippen molar-refractivity contribution in [2.45, 2.75) is 91.9 Å². The predicted molar refractivity (Wildman–Crippen MR) is 99.1 cm³/mol. The number of unbranched alkanes of at least 4 members (excludes halogenated alkanes) is 2. The first-order valence-corrected chi connectivity index (χ1v) is 12.3. The second-order valence-corrected chi connectivity index (χ2v) is 9.94. The minimum atomic E-state index is -0.617. The maximum absolute atomic E-state index is 2.57. The van der Waals surface area contributed by atoms with E-state index >= 15 is 0 Å². The average Bonchev–Trinajstić information content (AvgIpc) is 3.15. The third kappa shape index (κ3) is 4.91. The Labute approximate surface area is 155 Å². The molecule has 0 N–H and O–H groups in total. The van der Waals surface area contributed by atoms with Crippen LogP contribution in [0.5, 0.6) is 0 Å². The van der Waals surface area contributed by atoms with Gasteiger partial charge in [0.05, 0.1) is 0 Å². The standard InChI is InChI=1S/2C11H17.Zr/c2*1-3-5-6-11-8-7-10(4-2)9-11;/h2*8H,3-7H2,1-2H3;. The number of rotatable bonds is 10. The molecule has 0 fully saturated rings. The fourth-order valence-corrected chi connectivity index (χ4v) is 8.41. The Morgan fingerprint density at radius 1 is 0.739 bits per heavy atom. The molecule has 0 saturated carbocycles. The molecule has 0 aromatic carbocycles. The van der Waals surface area contributed by atoms with Crippen LogP contribution in [0.25, 0.3) is 0 Å². The van der Waals surface area contributed by atoms with Gasteiger partial charge >= 0.3 is 156 Å². The Bertz CT molecular complexity index is 480. The van der Waals surface area contributed by atoms with Crippen LogP contribution in [0.4, 0.5) is 0 Å². The number of allylic oxidation sites excluding steroid dienone is 8. The van der Waals surface area contributed by atoms with Crippen LogP contribution in [0, 0.1) is 0 Å². The van der Waals surface area contributed by atoms with E-state index in [0.29, 0.717) is 0 Å². The molecule has 0 nitrogen and oxygen atoms in total. The molecule has 0 aromatic rings. The molecule has 2 aliphatic rings. The van der Waals surface area contributed by atoms with E-state index < -0.39 is 23.2 Å². The molecule has 0 aromatic heterocycles. The van der Waals surface area contributed by atoms with Gasteiger partial charge in [0, 0.05) is 0 Å². The van der Waals surface area contributed by atoms with Crippen LogP contribution in [0.2, 0.25) is 0 Å². The molecule has 0 saturated heterocycles. The summed E-state index contributed by atoms with van der Waals surface area (Å²) in [4.78, 5) is 0. The van der Waals surface area contributed by atoms with Crippen LogP contribution >= 0.6 is 0 Å². The van der Waals surface area contributed by atoms with E-state index in [1.807, 2.05) is 6.56 Å². The fourth-order valence-electron chi connectivity index (χ4n) is 3.65. The summed E-state index contributed by atoms with van der Waals surface area (Å²) in [7, 11) is 0. The summed E-state index contributed by atoms with van der Waals surface area (Å²) in [5.74, 6) is 0. The molecule has 0 atom stereocenters. The van der Waals surface area contributed by atoms with Crippen LogP contribution in [0.3, 0.4) is 0 Å². The minimum absolute atomic E-state index is 0.617. The molecule has 0 bridgehead atoms. The quantitative estimate of drug-likeness (QED) is 0.364. The van der Waals surface area contributed by atoms with Crippen LogP contribution in [0.15, 0.2) is 41.0 Å². The van der Waals surface area contributed by atoms with E-state index in [1.165, 1.54) is 64.2 Å². The molecule has 0 amide bonds. The Balaban J connectivity index is 2.19. The maximum atomic E-state index is 2.57. The van der Waals surface area contributed by atoms with Crippen molar-refractivity contribution >= 4 is 0 Å². The molecule has 2 aliphatic carbocycles. The summed E-state index contributed by atoms with van der Waals surface area (Å²) in [6, 6.07) is 0. The first kappa shape index (κ1) is 19.2. The van der Waals surface area contributed by atoms with Crippen LogP contribution < -0.4 is 0 Å². The molecule has 0 radical (unpaired) electrons. The summed E-state index contributed by atoms with van der Waals surface area (Å²) in [5, 5.41) is 0. The van der Waals surface area contributed by atoms with Gasteiger partial charge in [-0.3, -0.25) is 0 Å². The topological polar surface area (TPSA) is 0 Å². The van der Waals surface area contributed by atoms with Gasteiger partial charge in [0.25, 0.3) is 0 Å². The van der Waals surface area contributed by atoms with E-state index in [0.717, 1.165) is 0 Å². The van der Waals surface area contributed by atoms with Crippen LogP contribution in [-0.4, -0.2) is 0 Å². The van der Waals surface area contributed by atoms with E-state index in [2.05, 4.69) is 39.8 Å². The van der Waals surface area contributed by atoms with E-state index in [1.54, 1.807) is 22.3 Å². The van der Waals surface area contributed by atoms with Crippen molar-refractivity contribution in [1.29, 1.82) is 0 Å². The number of hydrogen-bond donors (Lipinski definition) is 0. The normalized spacial score (nSPS) is 17.9. The first-order valence-electron chi connectivity index (χ1n) is 9.84. The van der Waals surface area contributed by atoms with E-state index in [-0.39, 0.29) is 0 Å². The summed E-state index contributed by atoms with van der Waals surface area (Å²) in [5.41, 5.74) is 7.07. The van der Waals surface area contributed by atoms with Crippen molar-refractivity contribution in [1.82, 2.24) is 0 Å². The summed E-state index contributed by atoms with van der Waals surface area (Å²) >= 11 is -0.617. The molecule has 23 heavy (non-hydrogen) atoms. The summed E-state index contributed by atoms with van der Waals surface area (Å²) in [6.45, 7) is 9.37. The number of hydrogen-bond acceptors (Lipinski definition) is 0. The Hall–Kier alpha value is -0.157. The Morgan fingerprint density at radius 3 is 1.52 bits per heavy atom. The molecule has 0 unspecified atom stereocenters. The van der Waals surface area contributed by atoms with Crippen molar-refractivity contribution in [3.8, 4) is 0 Å². The second kappa shape index (κ2) is 9.98. The van der Waals surface area contributed by atoms with Crippen molar-refractivity contribution in [2.24, 2.45) is 0 Å². The van der Waals surface area contributed by atoms with Gasteiger partial charge in [0.15, 0.2) is 0 Å². The van der Waals surface area contributed by atoms with Gasteiger partial charge in [-0.2, -0.15) is 0 Å². The zero-order chi connectivity index (χ0) is 16.7. The Kier molecular flexibility index (Phi) is 8.31. The summed E-state index contributed by atoms with van der Waals surface area (Å²) in [6.07, 6.45) is 18.2. The van der Waals surface area contributed by atoms with Gasteiger partial charge in [-0.1, -0.05) is 0 Å². The summed E-state index contributed by atoms with van der Waals surface area (Å²) < 4.78 is 3.77. The average molecular weight is 390 g/mol.